The minimum absolute atomic E-state index is 0.200. The van der Waals surface area contributed by atoms with Gasteiger partial charge in [0.1, 0.15) is 4.29 Å². The van der Waals surface area contributed by atoms with Crippen molar-refractivity contribution in [2.75, 3.05) is 0 Å². The van der Waals surface area contributed by atoms with Gasteiger partial charge in [-0.05, 0) is 6.07 Å². The first-order chi connectivity index (χ1) is 6.70. The summed E-state index contributed by atoms with van der Waals surface area (Å²) in [4.78, 5) is 11.4. The monoisotopic (exact) mass is 272 g/mol. The van der Waals surface area contributed by atoms with Crippen LogP contribution in [0.5, 0.6) is 0 Å². The van der Waals surface area contributed by atoms with E-state index in [1.807, 2.05) is 12.1 Å². The number of aromatic amines is 1. The second-order valence-electron chi connectivity index (χ2n) is 2.78. The molecule has 14 heavy (non-hydrogen) atoms. The van der Waals surface area contributed by atoms with E-state index in [4.69, 9.17) is 11.6 Å². The molecule has 1 unspecified atom stereocenters. The summed E-state index contributed by atoms with van der Waals surface area (Å²) >= 11 is 9.08. The van der Waals surface area contributed by atoms with Crippen LogP contribution in [0.3, 0.4) is 0 Å². The van der Waals surface area contributed by atoms with Crippen LogP contribution in [0.2, 0.25) is 0 Å². The summed E-state index contributed by atoms with van der Waals surface area (Å²) in [6.45, 7) is 0. The molecule has 1 atom stereocenters. The SMILES string of the molecule is O=c1[nH]nc(C(Cl)Br)c2ccccc12. The molecule has 72 valence electrons. The molecule has 0 saturated heterocycles. The van der Waals surface area contributed by atoms with Gasteiger partial charge in [-0.3, -0.25) is 4.79 Å². The number of fused-ring (bicyclic) bond motifs is 1. The van der Waals surface area contributed by atoms with Gasteiger partial charge in [0.25, 0.3) is 5.56 Å². The number of H-pyrrole nitrogens is 1. The summed E-state index contributed by atoms with van der Waals surface area (Å²) in [7, 11) is 0. The average molecular weight is 274 g/mol. The Morgan fingerprint density at radius 3 is 2.64 bits per heavy atom. The van der Waals surface area contributed by atoms with E-state index >= 15 is 0 Å². The zero-order valence-corrected chi connectivity index (χ0v) is 9.34. The number of hydrogen-bond acceptors (Lipinski definition) is 2. The maximum absolute atomic E-state index is 11.4. The molecule has 1 heterocycles. The summed E-state index contributed by atoms with van der Waals surface area (Å²) in [5.41, 5.74) is 0.427. The van der Waals surface area contributed by atoms with E-state index in [0.29, 0.717) is 11.1 Å². The van der Waals surface area contributed by atoms with Crippen molar-refractivity contribution in [1.82, 2.24) is 10.2 Å². The Morgan fingerprint density at radius 2 is 2.00 bits per heavy atom. The van der Waals surface area contributed by atoms with Gasteiger partial charge < -0.3 is 0 Å². The fourth-order valence-corrected chi connectivity index (χ4v) is 1.82. The molecule has 0 fully saturated rings. The standard InChI is InChI=1S/C9H6BrClN2O/c10-8(11)7-5-3-1-2-4-6(5)9(14)13-12-7/h1-4,8H,(H,13,14). The lowest BCUT2D eigenvalue weighted by molar-refractivity contribution is 0.959. The van der Waals surface area contributed by atoms with E-state index in [2.05, 4.69) is 26.1 Å². The molecule has 0 spiro atoms. The molecule has 1 aromatic heterocycles. The number of nitrogens with one attached hydrogen (secondary N) is 1. The summed E-state index contributed by atoms with van der Waals surface area (Å²) in [5.74, 6) is 0. The van der Waals surface area contributed by atoms with Crippen molar-refractivity contribution < 1.29 is 0 Å². The largest absolute Gasteiger partial charge is 0.272 e. The van der Waals surface area contributed by atoms with Crippen molar-refractivity contribution >= 4 is 38.3 Å². The fraction of sp³-hybridized carbons (Fsp3) is 0.111. The van der Waals surface area contributed by atoms with Crippen LogP contribution in [0.25, 0.3) is 10.8 Å². The highest BCUT2D eigenvalue weighted by molar-refractivity contribution is 9.09. The second kappa shape index (κ2) is 3.71. The number of rotatable bonds is 1. The molecule has 0 aliphatic rings. The molecule has 1 N–H and O–H groups in total. The molecule has 2 aromatic rings. The fourth-order valence-electron chi connectivity index (χ4n) is 1.30. The van der Waals surface area contributed by atoms with Gasteiger partial charge >= 0.3 is 0 Å². The molecule has 0 aliphatic heterocycles. The highest BCUT2D eigenvalue weighted by atomic mass is 79.9. The molecule has 5 heteroatoms. The first-order valence-electron chi connectivity index (χ1n) is 3.95. The van der Waals surface area contributed by atoms with E-state index in [1.54, 1.807) is 12.1 Å². The first kappa shape index (κ1) is 9.68. The highest BCUT2D eigenvalue weighted by Gasteiger charge is 2.11. The maximum atomic E-state index is 11.4. The van der Waals surface area contributed by atoms with E-state index in [-0.39, 0.29) is 5.56 Å². The normalized spacial score (nSPS) is 13.0. The Morgan fingerprint density at radius 1 is 1.36 bits per heavy atom. The van der Waals surface area contributed by atoms with Crippen LogP contribution in [-0.2, 0) is 0 Å². The van der Waals surface area contributed by atoms with Crippen LogP contribution in [0, 0.1) is 0 Å². The smallest absolute Gasteiger partial charge is 0.267 e. The van der Waals surface area contributed by atoms with Crippen molar-refractivity contribution in [2.24, 2.45) is 0 Å². The van der Waals surface area contributed by atoms with Gasteiger partial charge in [-0.2, -0.15) is 5.10 Å². The van der Waals surface area contributed by atoms with Gasteiger partial charge in [0.05, 0.1) is 11.1 Å². The topological polar surface area (TPSA) is 45.8 Å². The minimum Gasteiger partial charge on any atom is -0.267 e. The van der Waals surface area contributed by atoms with Crippen LogP contribution >= 0.6 is 27.5 Å². The van der Waals surface area contributed by atoms with Gasteiger partial charge in [-0.15, -0.1) is 11.6 Å². The predicted octanol–water partition coefficient (Wildman–Crippen LogP) is 2.56. The Bertz CT molecular complexity index is 523. The maximum Gasteiger partial charge on any atom is 0.272 e. The van der Waals surface area contributed by atoms with Crippen LogP contribution in [0.4, 0.5) is 0 Å². The van der Waals surface area contributed by atoms with Gasteiger partial charge in [-0.25, -0.2) is 5.10 Å². The molecule has 0 aliphatic carbocycles. The van der Waals surface area contributed by atoms with Crippen molar-refractivity contribution in [3.63, 3.8) is 0 Å². The van der Waals surface area contributed by atoms with E-state index in [0.717, 1.165) is 5.39 Å². The lowest BCUT2D eigenvalue weighted by Crippen LogP contribution is -2.10. The molecule has 2 rings (SSSR count). The van der Waals surface area contributed by atoms with Crippen molar-refractivity contribution in [3.05, 3.63) is 40.3 Å². The number of hydrogen-bond donors (Lipinski definition) is 1. The van der Waals surface area contributed by atoms with E-state index < -0.39 is 4.29 Å². The molecule has 0 radical (unpaired) electrons. The third kappa shape index (κ3) is 1.55. The van der Waals surface area contributed by atoms with Gasteiger partial charge in [0, 0.05) is 5.39 Å². The minimum atomic E-state index is -0.399. The lowest BCUT2D eigenvalue weighted by Gasteiger charge is -2.04. The zero-order valence-electron chi connectivity index (χ0n) is 7.00. The molecular weight excluding hydrogens is 267 g/mol. The first-order valence-corrected chi connectivity index (χ1v) is 5.31. The van der Waals surface area contributed by atoms with Crippen molar-refractivity contribution in [1.29, 1.82) is 0 Å². The highest BCUT2D eigenvalue weighted by Crippen LogP contribution is 2.29. The molecule has 0 saturated carbocycles. The lowest BCUT2D eigenvalue weighted by atomic mass is 10.1. The van der Waals surface area contributed by atoms with E-state index in [9.17, 15) is 4.79 Å². The average Bonchev–Trinajstić information content (AvgIpc) is 2.18. The molecule has 1 aromatic carbocycles. The van der Waals surface area contributed by atoms with Crippen LogP contribution in [-0.4, -0.2) is 10.2 Å². The number of nitrogens with zero attached hydrogens (tertiary/aromatic N) is 1. The van der Waals surface area contributed by atoms with Crippen LogP contribution < -0.4 is 5.56 Å². The third-order valence-corrected chi connectivity index (χ3v) is 2.57. The molecular formula is C9H6BrClN2O. The van der Waals surface area contributed by atoms with Gasteiger partial charge in [-0.1, -0.05) is 34.1 Å². The number of halogens is 2. The molecule has 0 bridgehead atoms. The van der Waals surface area contributed by atoms with Gasteiger partial charge in [0.15, 0.2) is 0 Å². The van der Waals surface area contributed by atoms with Crippen molar-refractivity contribution in [2.45, 2.75) is 4.29 Å². The second-order valence-corrected chi connectivity index (χ2v) is 4.66. The summed E-state index contributed by atoms with van der Waals surface area (Å²) in [6, 6.07) is 7.22. The summed E-state index contributed by atoms with van der Waals surface area (Å²) in [6.07, 6.45) is 0. The van der Waals surface area contributed by atoms with Crippen LogP contribution in [0.1, 0.15) is 9.98 Å². The Kier molecular flexibility index (Phi) is 2.56. The number of aromatic nitrogens is 2. The summed E-state index contributed by atoms with van der Waals surface area (Å²) in [5, 5.41) is 7.66. The van der Waals surface area contributed by atoms with E-state index in [1.165, 1.54) is 0 Å². The van der Waals surface area contributed by atoms with Gasteiger partial charge in [0.2, 0.25) is 0 Å². The molecule has 3 nitrogen and oxygen atoms in total. The zero-order chi connectivity index (χ0) is 10.1. The number of alkyl halides is 2. The number of benzene rings is 1. The molecule has 0 amide bonds. The third-order valence-electron chi connectivity index (χ3n) is 1.93. The quantitative estimate of drug-likeness (QED) is 0.812. The van der Waals surface area contributed by atoms with Crippen LogP contribution in [0.15, 0.2) is 29.1 Å². The Hall–Kier alpha value is -0.870. The van der Waals surface area contributed by atoms with Crippen molar-refractivity contribution in [3.8, 4) is 0 Å². The predicted molar refractivity (Wildman–Crippen MR) is 59.9 cm³/mol. The Labute approximate surface area is 93.2 Å². The Balaban J connectivity index is 2.89. The summed E-state index contributed by atoms with van der Waals surface area (Å²) < 4.78 is -0.399.